The molecule has 0 aliphatic carbocycles. The van der Waals surface area contributed by atoms with Crippen LogP contribution >= 0.6 is 0 Å². The van der Waals surface area contributed by atoms with Crippen LogP contribution in [0.4, 0.5) is 5.82 Å². The molecule has 2 nitrogen and oxygen atoms in total. The van der Waals surface area contributed by atoms with Crippen molar-refractivity contribution in [2.24, 2.45) is 0 Å². The average molecular weight is 222 g/mol. The molecule has 0 radical (unpaired) electrons. The van der Waals surface area contributed by atoms with Gasteiger partial charge < -0.3 is 4.90 Å². The third-order valence-corrected chi connectivity index (χ3v) is 2.27. The maximum Gasteiger partial charge on any atom is 0.131 e. The van der Waals surface area contributed by atoms with Crippen LogP contribution in [0.25, 0.3) is 0 Å². The zero-order valence-corrected chi connectivity index (χ0v) is 11.5. The number of aryl methyl sites for hydroxylation is 1. The summed E-state index contributed by atoms with van der Waals surface area (Å²) < 4.78 is 0. The summed E-state index contributed by atoms with van der Waals surface area (Å²) in [7, 11) is 0. The lowest BCUT2D eigenvalue weighted by Gasteiger charge is -2.23. The van der Waals surface area contributed by atoms with Crippen LogP contribution in [-0.4, -0.2) is 18.1 Å². The van der Waals surface area contributed by atoms with Crippen molar-refractivity contribution in [3.8, 4) is 0 Å². The molecule has 1 heterocycles. The number of hydrogen-bond acceptors (Lipinski definition) is 2. The second-order valence-corrected chi connectivity index (χ2v) is 3.63. The molecule has 0 amide bonds. The highest BCUT2D eigenvalue weighted by atomic mass is 15.2. The summed E-state index contributed by atoms with van der Waals surface area (Å²) in [5.74, 6) is 1.15. The summed E-state index contributed by atoms with van der Waals surface area (Å²) >= 11 is 0. The van der Waals surface area contributed by atoms with E-state index in [2.05, 4.69) is 36.7 Å². The fourth-order valence-corrected chi connectivity index (χ4v) is 1.67. The van der Waals surface area contributed by atoms with Crippen LogP contribution in [-0.2, 0) is 0 Å². The fraction of sp³-hybridized carbons (Fsp3) is 0.643. The standard InChI is InChI=1S/C12H20N2.C2H6/c1-4-9-14(10-5-2)12-11(3)7-6-8-13-12;1-2/h6-8H,4-5,9-10H2,1-3H3;1-2H3. The Bertz CT molecular complexity index is 265. The predicted molar refractivity (Wildman–Crippen MR) is 73.1 cm³/mol. The topological polar surface area (TPSA) is 16.1 Å². The second-order valence-electron chi connectivity index (χ2n) is 3.63. The summed E-state index contributed by atoms with van der Waals surface area (Å²) in [4.78, 5) is 6.81. The van der Waals surface area contributed by atoms with Crippen LogP contribution in [0.2, 0.25) is 0 Å². The van der Waals surface area contributed by atoms with E-state index in [0.717, 1.165) is 18.9 Å². The van der Waals surface area contributed by atoms with Gasteiger partial charge >= 0.3 is 0 Å². The Kier molecular flexibility index (Phi) is 8.59. The Balaban J connectivity index is 0.00000106. The minimum atomic E-state index is 1.10. The normalized spacial score (nSPS) is 9.31. The third-order valence-electron chi connectivity index (χ3n) is 2.27. The van der Waals surface area contributed by atoms with Gasteiger partial charge in [0, 0.05) is 19.3 Å². The van der Waals surface area contributed by atoms with Crippen LogP contribution < -0.4 is 4.90 Å². The van der Waals surface area contributed by atoms with Crippen molar-refractivity contribution >= 4 is 5.82 Å². The van der Waals surface area contributed by atoms with E-state index in [0.29, 0.717) is 0 Å². The molecule has 16 heavy (non-hydrogen) atoms. The smallest absolute Gasteiger partial charge is 0.131 e. The van der Waals surface area contributed by atoms with E-state index in [1.54, 1.807) is 0 Å². The highest BCUT2D eigenvalue weighted by Gasteiger charge is 2.07. The van der Waals surface area contributed by atoms with Gasteiger partial charge in [0.15, 0.2) is 0 Å². The third kappa shape index (κ3) is 4.65. The molecule has 0 unspecified atom stereocenters. The lowest BCUT2D eigenvalue weighted by Crippen LogP contribution is -2.26. The lowest BCUT2D eigenvalue weighted by molar-refractivity contribution is 0.731. The van der Waals surface area contributed by atoms with Gasteiger partial charge in [0.1, 0.15) is 5.82 Å². The molecule has 0 saturated heterocycles. The summed E-state index contributed by atoms with van der Waals surface area (Å²) in [6.07, 6.45) is 4.23. The summed E-state index contributed by atoms with van der Waals surface area (Å²) in [5, 5.41) is 0. The Morgan fingerprint density at radius 1 is 1.12 bits per heavy atom. The number of hydrogen-bond donors (Lipinski definition) is 0. The molecule has 92 valence electrons. The first-order valence-corrected chi connectivity index (χ1v) is 6.46. The first-order valence-electron chi connectivity index (χ1n) is 6.46. The van der Waals surface area contributed by atoms with Gasteiger partial charge in [-0.2, -0.15) is 0 Å². The van der Waals surface area contributed by atoms with Crippen molar-refractivity contribution in [3.05, 3.63) is 23.9 Å². The molecular weight excluding hydrogens is 196 g/mol. The van der Waals surface area contributed by atoms with Gasteiger partial charge in [-0.3, -0.25) is 0 Å². The molecular formula is C14H26N2. The van der Waals surface area contributed by atoms with E-state index < -0.39 is 0 Å². The molecule has 1 rings (SSSR count). The molecule has 0 spiro atoms. The number of pyridine rings is 1. The largest absolute Gasteiger partial charge is 0.356 e. The van der Waals surface area contributed by atoms with Crippen LogP contribution in [0.5, 0.6) is 0 Å². The molecule has 2 heteroatoms. The molecule has 0 fully saturated rings. The van der Waals surface area contributed by atoms with Crippen molar-refractivity contribution < 1.29 is 0 Å². The quantitative estimate of drug-likeness (QED) is 0.747. The van der Waals surface area contributed by atoms with Gasteiger partial charge in [0.25, 0.3) is 0 Å². The Morgan fingerprint density at radius 2 is 1.69 bits per heavy atom. The van der Waals surface area contributed by atoms with Crippen molar-refractivity contribution in [1.29, 1.82) is 0 Å². The highest BCUT2D eigenvalue weighted by Crippen LogP contribution is 2.16. The Morgan fingerprint density at radius 3 is 2.12 bits per heavy atom. The molecule has 0 saturated carbocycles. The lowest BCUT2D eigenvalue weighted by atomic mass is 10.2. The minimum absolute atomic E-state index is 1.10. The molecule has 0 aliphatic heterocycles. The van der Waals surface area contributed by atoms with Crippen molar-refractivity contribution in [2.75, 3.05) is 18.0 Å². The predicted octanol–water partition coefficient (Wildman–Crippen LogP) is 4.04. The molecule has 0 aromatic carbocycles. The van der Waals surface area contributed by atoms with Crippen molar-refractivity contribution in [2.45, 2.75) is 47.5 Å². The van der Waals surface area contributed by atoms with Gasteiger partial charge in [-0.15, -0.1) is 0 Å². The minimum Gasteiger partial charge on any atom is -0.356 e. The molecule has 1 aromatic rings. The van der Waals surface area contributed by atoms with E-state index >= 15 is 0 Å². The molecule has 0 aliphatic rings. The van der Waals surface area contributed by atoms with Gasteiger partial charge in [-0.1, -0.05) is 33.8 Å². The Labute approximate surface area is 101 Å². The zero-order valence-electron chi connectivity index (χ0n) is 11.5. The van der Waals surface area contributed by atoms with E-state index in [1.807, 2.05) is 26.1 Å². The van der Waals surface area contributed by atoms with E-state index in [-0.39, 0.29) is 0 Å². The second kappa shape index (κ2) is 9.20. The van der Waals surface area contributed by atoms with Gasteiger partial charge in [-0.05, 0) is 31.4 Å². The van der Waals surface area contributed by atoms with Crippen molar-refractivity contribution in [3.63, 3.8) is 0 Å². The summed E-state index contributed by atoms with van der Waals surface area (Å²) in [6, 6.07) is 4.12. The summed E-state index contributed by atoms with van der Waals surface area (Å²) in [6.45, 7) is 12.7. The molecule has 0 N–H and O–H groups in total. The van der Waals surface area contributed by atoms with Crippen LogP contribution in [0, 0.1) is 6.92 Å². The van der Waals surface area contributed by atoms with Crippen LogP contribution in [0.3, 0.4) is 0 Å². The highest BCUT2D eigenvalue weighted by molar-refractivity contribution is 5.45. The maximum atomic E-state index is 4.44. The zero-order chi connectivity index (χ0) is 12.4. The van der Waals surface area contributed by atoms with Gasteiger partial charge in [-0.25, -0.2) is 4.98 Å². The van der Waals surface area contributed by atoms with Gasteiger partial charge in [0.05, 0.1) is 0 Å². The van der Waals surface area contributed by atoms with Crippen LogP contribution in [0.15, 0.2) is 18.3 Å². The fourth-order valence-electron chi connectivity index (χ4n) is 1.67. The number of aromatic nitrogens is 1. The van der Waals surface area contributed by atoms with Gasteiger partial charge in [0.2, 0.25) is 0 Å². The average Bonchev–Trinajstić information content (AvgIpc) is 2.32. The maximum absolute atomic E-state index is 4.44. The van der Waals surface area contributed by atoms with E-state index in [9.17, 15) is 0 Å². The first kappa shape index (κ1) is 14.9. The Hall–Kier alpha value is -1.05. The molecule has 0 atom stereocenters. The number of anilines is 1. The number of nitrogens with zero attached hydrogens (tertiary/aromatic N) is 2. The monoisotopic (exact) mass is 222 g/mol. The first-order chi connectivity index (χ1) is 7.79. The number of rotatable bonds is 5. The van der Waals surface area contributed by atoms with Crippen LogP contribution in [0.1, 0.15) is 46.1 Å². The van der Waals surface area contributed by atoms with E-state index in [4.69, 9.17) is 0 Å². The van der Waals surface area contributed by atoms with Crippen molar-refractivity contribution in [1.82, 2.24) is 4.98 Å². The SMILES string of the molecule is CC.CCCN(CCC)c1ncccc1C. The van der Waals surface area contributed by atoms with E-state index in [1.165, 1.54) is 18.4 Å². The molecule has 1 aromatic heterocycles. The summed E-state index contributed by atoms with van der Waals surface area (Å²) in [5.41, 5.74) is 1.27. The molecule has 0 bridgehead atoms.